The van der Waals surface area contributed by atoms with Crippen LogP contribution in [0.25, 0.3) is 0 Å². The van der Waals surface area contributed by atoms with Gasteiger partial charge in [-0.3, -0.25) is 4.79 Å². The zero-order chi connectivity index (χ0) is 14.1. The van der Waals surface area contributed by atoms with Crippen molar-refractivity contribution in [1.29, 1.82) is 0 Å². The van der Waals surface area contributed by atoms with Crippen molar-refractivity contribution in [2.45, 2.75) is 13.1 Å². The molecule has 0 spiro atoms. The Morgan fingerprint density at radius 1 is 1.15 bits per heavy atom. The number of hydrogen-bond acceptors (Lipinski definition) is 3. The van der Waals surface area contributed by atoms with Gasteiger partial charge in [-0.2, -0.15) is 0 Å². The number of hydrogen-bond donors (Lipinski definition) is 1. The highest BCUT2D eigenvalue weighted by molar-refractivity contribution is 5.95. The van der Waals surface area contributed by atoms with E-state index in [4.69, 9.17) is 4.74 Å². The van der Waals surface area contributed by atoms with Crippen LogP contribution in [0.4, 0.5) is 0 Å². The molecular weight excluding hydrogens is 254 g/mol. The fraction of sp³-hybridized carbons (Fsp3) is 0.188. The molecule has 1 amide bonds. The van der Waals surface area contributed by atoms with Crippen molar-refractivity contribution in [3.8, 4) is 11.5 Å². The molecule has 0 unspecified atom stereocenters. The molecule has 2 aromatic carbocycles. The maximum Gasteiger partial charge on any atom is 0.254 e. The first-order valence-electron chi connectivity index (χ1n) is 6.42. The summed E-state index contributed by atoms with van der Waals surface area (Å²) in [5, 5.41) is 9.76. The molecule has 1 aliphatic heterocycles. The molecule has 4 nitrogen and oxygen atoms in total. The van der Waals surface area contributed by atoms with Crippen molar-refractivity contribution in [3.05, 3.63) is 59.2 Å². The SMILES string of the molecule is COc1ccc(C(=O)N2Cc3ccccc3C2)cc1O. The Bertz CT molecular complexity index is 642. The molecule has 0 aromatic heterocycles. The Hall–Kier alpha value is -2.49. The minimum Gasteiger partial charge on any atom is -0.504 e. The number of carbonyl (C=O) groups is 1. The van der Waals surface area contributed by atoms with Gasteiger partial charge in [-0.25, -0.2) is 0 Å². The molecule has 0 fully saturated rings. The van der Waals surface area contributed by atoms with Crippen molar-refractivity contribution in [2.24, 2.45) is 0 Å². The predicted octanol–water partition coefficient (Wildman–Crippen LogP) is 2.56. The zero-order valence-corrected chi connectivity index (χ0v) is 11.2. The first kappa shape index (κ1) is 12.5. The third-order valence-electron chi connectivity index (χ3n) is 3.55. The van der Waals surface area contributed by atoms with Gasteiger partial charge in [0.2, 0.25) is 0 Å². The summed E-state index contributed by atoms with van der Waals surface area (Å²) in [5.41, 5.74) is 2.83. The summed E-state index contributed by atoms with van der Waals surface area (Å²) in [4.78, 5) is 14.2. The van der Waals surface area contributed by atoms with Gasteiger partial charge in [0.1, 0.15) is 0 Å². The Kier molecular flexibility index (Phi) is 3.06. The van der Waals surface area contributed by atoms with Crippen LogP contribution in [0.3, 0.4) is 0 Å². The number of rotatable bonds is 2. The molecule has 1 heterocycles. The Labute approximate surface area is 117 Å². The number of benzene rings is 2. The summed E-state index contributed by atoms with van der Waals surface area (Å²) < 4.78 is 4.98. The van der Waals surface area contributed by atoms with Crippen LogP contribution in [0.1, 0.15) is 21.5 Å². The molecule has 0 aliphatic carbocycles. The van der Waals surface area contributed by atoms with Gasteiger partial charge in [0.25, 0.3) is 5.91 Å². The van der Waals surface area contributed by atoms with Gasteiger partial charge in [0, 0.05) is 18.7 Å². The van der Waals surface area contributed by atoms with Crippen molar-refractivity contribution in [3.63, 3.8) is 0 Å². The van der Waals surface area contributed by atoms with E-state index in [-0.39, 0.29) is 11.7 Å². The van der Waals surface area contributed by atoms with Crippen LogP contribution in [-0.4, -0.2) is 23.0 Å². The van der Waals surface area contributed by atoms with Gasteiger partial charge in [-0.15, -0.1) is 0 Å². The number of aromatic hydroxyl groups is 1. The molecule has 2 aromatic rings. The first-order valence-corrected chi connectivity index (χ1v) is 6.42. The van der Waals surface area contributed by atoms with Crippen molar-refractivity contribution < 1.29 is 14.6 Å². The number of fused-ring (bicyclic) bond motifs is 1. The number of ether oxygens (including phenoxy) is 1. The molecule has 20 heavy (non-hydrogen) atoms. The summed E-state index contributed by atoms with van der Waals surface area (Å²) in [7, 11) is 1.48. The molecule has 1 N–H and O–H groups in total. The third kappa shape index (κ3) is 2.09. The van der Waals surface area contributed by atoms with Gasteiger partial charge in [0.05, 0.1) is 7.11 Å². The molecule has 102 valence electrons. The van der Waals surface area contributed by atoms with E-state index < -0.39 is 0 Å². The summed E-state index contributed by atoms with van der Waals surface area (Å²) >= 11 is 0. The second-order valence-electron chi connectivity index (χ2n) is 4.82. The average Bonchev–Trinajstić information content (AvgIpc) is 2.90. The standard InChI is InChI=1S/C16H15NO3/c1-20-15-7-6-11(8-14(15)18)16(19)17-9-12-4-2-3-5-13(12)10-17/h2-8,18H,9-10H2,1H3. The highest BCUT2D eigenvalue weighted by atomic mass is 16.5. The second kappa shape index (κ2) is 4.89. The summed E-state index contributed by atoms with van der Waals surface area (Å²) in [5.74, 6) is 0.264. The van der Waals surface area contributed by atoms with Crippen molar-refractivity contribution in [2.75, 3.05) is 7.11 Å². The molecule has 0 radical (unpaired) electrons. The van der Waals surface area contributed by atoms with E-state index in [9.17, 15) is 9.90 Å². The summed E-state index contributed by atoms with van der Waals surface area (Å²) in [6.45, 7) is 1.23. The van der Waals surface area contributed by atoms with E-state index >= 15 is 0 Å². The largest absolute Gasteiger partial charge is 0.504 e. The van der Waals surface area contributed by atoms with Gasteiger partial charge in [0.15, 0.2) is 11.5 Å². The molecule has 0 atom stereocenters. The Morgan fingerprint density at radius 2 is 1.80 bits per heavy atom. The fourth-order valence-corrected chi connectivity index (χ4v) is 2.48. The van der Waals surface area contributed by atoms with E-state index in [2.05, 4.69) is 0 Å². The van der Waals surface area contributed by atoms with E-state index in [1.165, 1.54) is 24.3 Å². The van der Waals surface area contributed by atoms with Gasteiger partial charge in [-0.05, 0) is 29.3 Å². The molecule has 0 bridgehead atoms. The van der Waals surface area contributed by atoms with Crippen LogP contribution in [0, 0.1) is 0 Å². The van der Waals surface area contributed by atoms with E-state index in [1.807, 2.05) is 24.3 Å². The number of phenolic OH excluding ortho intramolecular Hbond substituents is 1. The quantitative estimate of drug-likeness (QED) is 0.911. The van der Waals surface area contributed by atoms with Gasteiger partial charge in [-0.1, -0.05) is 24.3 Å². The lowest BCUT2D eigenvalue weighted by atomic mass is 10.1. The minimum atomic E-state index is -0.0841. The second-order valence-corrected chi connectivity index (χ2v) is 4.82. The predicted molar refractivity (Wildman–Crippen MR) is 74.7 cm³/mol. The third-order valence-corrected chi connectivity index (χ3v) is 3.55. The lowest BCUT2D eigenvalue weighted by Crippen LogP contribution is -2.25. The maximum atomic E-state index is 12.4. The lowest BCUT2D eigenvalue weighted by molar-refractivity contribution is 0.0751. The monoisotopic (exact) mass is 269 g/mol. The van der Waals surface area contributed by atoms with Crippen molar-refractivity contribution in [1.82, 2.24) is 4.90 Å². The topological polar surface area (TPSA) is 49.8 Å². The van der Waals surface area contributed by atoms with Gasteiger partial charge >= 0.3 is 0 Å². The Morgan fingerprint density at radius 3 is 2.35 bits per heavy atom. The molecule has 3 rings (SSSR count). The van der Waals surface area contributed by atoms with E-state index in [1.54, 1.807) is 17.0 Å². The summed E-state index contributed by atoms with van der Waals surface area (Å²) in [6.07, 6.45) is 0. The van der Waals surface area contributed by atoms with Crippen molar-refractivity contribution >= 4 is 5.91 Å². The Balaban J connectivity index is 1.83. The molecule has 0 saturated carbocycles. The van der Waals surface area contributed by atoms with Crippen LogP contribution in [-0.2, 0) is 13.1 Å². The number of phenols is 1. The zero-order valence-electron chi connectivity index (χ0n) is 11.2. The fourth-order valence-electron chi connectivity index (χ4n) is 2.48. The highest BCUT2D eigenvalue weighted by Crippen LogP contribution is 2.29. The number of methoxy groups -OCH3 is 1. The van der Waals surface area contributed by atoms with Crippen LogP contribution >= 0.6 is 0 Å². The first-order chi connectivity index (χ1) is 9.69. The molecular formula is C16H15NO3. The maximum absolute atomic E-state index is 12.4. The minimum absolute atomic E-state index is 0.0185. The highest BCUT2D eigenvalue weighted by Gasteiger charge is 2.24. The molecule has 1 aliphatic rings. The normalized spacial score (nSPS) is 13.2. The molecule has 0 saturated heterocycles. The van der Waals surface area contributed by atoms with Crippen LogP contribution in [0.2, 0.25) is 0 Å². The summed E-state index contributed by atoms with van der Waals surface area (Å²) in [6, 6.07) is 12.8. The number of carbonyl (C=O) groups excluding carboxylic acids is 1. The smallest absolute Gasteiger partial charge is 0.254 e. The number of nitrogens with zero attached hydrogens (tertiary/aromatic N) is 1. The molecule has 4 heteroatoms. The van der Waals surface area contributed by atoms with Crippen LogP contribution in [0.15, 0.2) is 42.5 Å². The van der Waals surface area contributed by atoms with Crippen LogP contribution < -0.4 is 4.74 Å². The average molecular weight is 269 g/mol. The van der Waals surface area contributed by atoms with Gasteiger partial charge < -0.3 is 14.7 Å². The lowest BCUT2D eigenvalue weighted by Gasteiger charge is -2.16. The van der Waals surface area contributed by atoms with E-state index in [0.717, 1.165) is 0 Å². The van der Waals surface area contributed by atoms with E-state index in [0.29, 0.717) is 24.4 Å². The number of amides is 1. The van der Waals surface area contributed by atoms with Crippen LogP contribution in [0.5, 0.6) is 11.5 Å².